The smallest absolute Gasteiger partial charge is 0.308 e. The van der Waals surface area contributed by atoms with Crippen LogP contribution in [0.5, 0.6) is 0 Å². The van der Waals surface area contributed by atoms with Crippen molar-refractivity contribution >= 4 is 46.7 Å². The summed E-state index contributed by atoms with van der Waals surface area (Å²) in [5.74, 6) is 0.869. The third kappa shape index (κ3) is 3.51. The van der Waals surface area contributed by atoms with Gasteiger partial charge in [-0.15, -0.1) is 11.8 Å². The number of halogens is 2. The van der Waals surface area contributed by atoms with E-state index in [4.69, 9.17) is 23.2 Å². The molecule has 24 heavy (non-hydrogen) atoms. The van der Waals surface area contributed by atoms with Crippen molar-refractivity contribution in [3.8, 4) is 0 Å². The first-order valence-corrected chi connectivity index (χ1v) is 9.48. The molecule has 1 fully saturated rings. The Morgan fingerprint density at radius 2 is 2.04 bits per heavy atom. The highest BCUT2D eigenvalue weighted by molar-refractivity contribution is 7.99. The summed E-state index contributed by atoms with van der Waals surface area (Å²) in [6.07, 6.45) is 0. The second kappa shape index (κ2) is 7.26. The molecule has 2 amide bonds. The number of aryl methyl sites for hydroxylation is 2. The van der Waals surface area contributed by atoms with Crippen molar-refractivity contribution in [3.05, 3.63) is 63.1 Å². The third-order valence-corrected chi connectivity index (χ3v) is 6.10. The molecule has 1 atom stereocenters. The van der Waals surface area contributed by atoms with Crippen molar-refractivity contribution in [2.24, 2.45) is 0 Å². The molecule has 3 nitrogen and oxygen atoms in total. The fourth-order valence-electron chi connectivity index (χ4n) is 2.79. The summed E-state index contributed by atoms with van der Waals surface area (Å²) >= 11 is 14.2. The largest absolute Gasteiger partial charge is 0.323 e. The van der Waals surface area contributed by atoms with E-state index in [9.17, 15) is 4.79 Å². The number of nitrogens with zero attached hydrogens (tertiary/aromatic N) is 1. The molecule has 1 saturated heterocycles. The van der Waals surface area contributed by atoms with E-state index < -0.39 is 0 Å². The van der Waals surface area contributed by atoms with E-state index in [2.05, 4.69) is 11.4 Å². The Balaban J connectivity index is 1.82. The number of hydrogen-bond acceptors (Lipinski definition) is 2. The van der Waals surface area contributed by atoms with Crippen LogP contribution in [0.25, 0.3) is 0 Å². The van der Waals surface area contributed by atoms with Crippen LogP contribution in [0, 0.1) is 13.8 Å². The number of benzene rings is 2. The molecule has 1 aliphatic heterocycles. The van der Waals surface area contributed by atoms with E-state index in [0.717, 1.165) is 22.6 Å². The van der Waals surface area contributed by atoms with Crippen molar-refractivity contribution in [1.82, 2.24) is 4.90 Å². The normalized spacial score (nSPS) is 17.2. The van der Waals surface area contributed by atoms with Crippen LogP contribution in [0.4, 0.5) is 10.5 Å². The molecule has 0 aromatic heterocycles. The van der Waals surface area contributed by atoms with Gasteiger partial charge in [0.25, 0.3) is 0 Å². The zero-order valence-corrected chi connectivity index (χ0v) is 15.8. The Kier molecular flexibility index (Phi) is 5.28. The van der Waals surface area contributed by atoms with Gasteiger partial charge in [0.1, 0.15) is 5.37 Å². The third-order valence-electron chi connectivity index (χ3n) is 4.02. The fraction of sp³-hybridized carbons (Fsp3) is 0.278. The Morgan fingerprint density at radius 1 is 1.25 bits per heavy atom. The van der Waals surface area contributed by atoms with Gasteiger partial charge in [-0.2, -0.15) is 0 Å². The fourth-order valence-corrected chi connectivity index (χ4v) is 4.55. The van der Waals surface area contributed by atoms with Crippen LogP contribution < -0.4 is 5.32 Å². The number of thioether (sulfide) groups is 1. The summed E-state index contributed by atoms with van der Waals surface area (Å²) < 4.78 is 0. The molecular weight excluding hydrogens is 363 g/mol. The van der Waals surface area contributed by atoms with Crippen LogP contribution in [0.2, 0.25) is 10.0 Å². The minimum Gasteiger partial charge on any atom is -0.308 e. The van der Waals surface area contributed by atoms with Crippen LogP contribution in [-0.4, -0.2) is 23.2 Å². The molecule has 1 heterocycles. The lowest BCUT2D eigenvalue weighted by Gasteiger charge is -2.25. The number of amides is 2. The monoisotopic (exact) mass is 380 g/mol. The molecule has 0 aliphatic carbocycles. The number of anilines is 1. The highest BCUT2D eigenvalue weighted by Crippen LogP contribution is 2.42. The van der Waals surface area contributed by atoms with E-state index in [1.165, 1.54) is 5.56 Å². The highest BCUT2D eigenvalue weighted by atomic mass is 35.5. The van der Waals surface area contributed by atoms with Crippen LogP contribution in [0.3, 0.4) is 0 Å². The van der Waals surface area contributed by atoms with Crippen molar-refractivity contribution in [2.45, 2.75) is 19.2 Å². The lowest BCUT2D eigenvalue weighted by Crippen LogP contribution is -2.34. The molecule has 0 spiro atoms. The molecule has 1 N–H and O–H groups in total. The summed E-state index contributed by atoms with van der Waals surface area (Å²) in [5.41, 5.74) is 3.93. The summed E-state index contributed by atoms with van der Waals surface area (Å²) in [6.45, 7) is 4.70. The Morgan fingerprint density at radius 3 is 2.79 bits per heavy atom. The highest BCUT2D eigenvalue weighted by Gasteiger charge is 2.32. The van der Waals surface area contributed by atoms with Crippen molar-refractivity contribution < 1.29 is 4.79 Å². The Bertz CT molecular complexity index is 782. The molecule has 2 aromatic rings. The molecule has 0 saturated carbocycles. The van der Waals surface area contributed by atoms with Crippen LogP contribution in [-0.2, 0) is 0 Å². The van der Waals surface area contributed by atoms with Gasteiger partial charge < -0.3 is 10.2 Å². The van der Waals surface area contributed by atoms with Gasteiger partial charge in [-0.1, -0.05) is 53.0 Å². The number of rotatable bonds is 2. The molecule has 126 valence electrons. The molecule has 0 unspecified atom stereocenters. The first kappa shape index (κ1) is 17.5. The zero-order valence-electron chi connectivity index (χ0n) is 13.5. The molecule has 1 aliphatic rings. The molecule has 0 radical (unpaired) electrons. The number of hydrogen-bond donors (Lipinski definition) is 1. The van der Waals surface area contributed by atoms with Gasteiger partial charge in [-0.05, 0) is 31.5 Å². The summed E-state index contributed by atoms with van der Waals surface area (Å²) in [6, 6.07) is 11.4. The van der Waals surface area contributed by atoms with Crippen molar-refractivity contribution in [3.63, 3.8) is 0 Å². The molecular formula is C18H18Cl2N2OS. The maximum Gasteiger partial charge on any atom is 0.323 e. The number of nitrogens with one attached hydrogen (secondary N) is 1. The number of urea groups is 1. The van der Waals surface area contributed by atoms with Crippen LogP contribution in [0.1, 0.15) is 22.1 Å². The number of carbonyl (C=O) groups excluding carboxylic acids is 1. The predicted octanol–water partition coefficient (Wildman–Crippen LogP) is 5.89. The standard InChI is InChI=1S/C18H18Cl2N2OS/c1-11-6-7-15(12(2)10-11)21-18(23)22-8-9-24-17(22)13-4-3-5-14(19)16(13)20/h3-7,10,17H,8-9H2,1-2H3,(H,21,23)/t17-/m1/s1. The SMILES string of the molecule is Cc1ccc(NC(=O)N2CCS[C@@H]2c2cccc(Cl)c2Cl)c(C)c1. The first-order chi connectivity index (χ1) is 11.5. The van der Waals surface area contributed by atoms with Crippen LogP contribution >= 0.6 is 35.0 Å². The summed E-state index contributed by atoms with van der Waals surface area (Å²) in [7, 11) is 0. The van der Waals surface area contributed by atoms with Gasteiger partial charge in [0.2, 0.25) is 0 Å². The first-order valence-electron chi connectivity index (χ1n) is 7.68. The van der Waals surface area contributed by atoms with Gasteiger partial charge >= 0.3 is 6.03 Å². The van der Waals surface area contributed by atoms with E-state index in [1.54, 1.807) is 17.8 Å². The van der Waals surface area contributed by atoms with Gasteiger partial charge in [-0.3, -0.25) is 0 Å². The summed E-state index contributed by atoms with van der Waals surface area (Å²) in [5, 5.41) is 3.91. The lowest BCUT2D eigenvalue weighted by atomic mass is 10.1. The second-order valence-electron chi connectivity index (χ2n) is 5.81. The van der Waals surface area contributed by atoms with E-state index in [1.807, 2.05) is 43.0 Å². The topological polar surface area (TPSA) is 32.3 Å². The zero-order chi connectivity index (χ0) is 17.3. The van der Waals surface area contributed by atoms with E-state index in [0.29, 0.717) is 16.6 Å². The molecule has 6 heteroatoms. The summed E-state index contributed by atoms with van der Waals surface area (Å²) in [4.78, 5) is 14.6. The van der Waals surface area contributed by atoms with Crippen molar-refractivity contribution in [2.75, 3.05) is 17.6 Å². The van der Waals surface area contributed by atoms with Gasteiger partial charge in [-0.25, -0.2) is 4.79 Å². The van der Waals surface area contributed by atoms with E-state index >= 15 is 0 Å². The molecule has 2 aromatic carbocycles. The number of carbonyl (C=O) groups is 1. The molecule has 0 bridgehead atoms. The van der Waals surface area contributed by atoms with E-state index in [-0.39, 0.29) is 11.4 Å². The van der Waals surface area contributed by atoms with Gasteiger partial charge in [0.15, 0.2) is 0 Å². The Hall–Kier alpha value is -1.36. The predicted molar refractivity (Wildman–Crippen MR) is 103 cm³/mol. The van der Waals surface area contributed by atoms with Gasteiger partial charge in [0, 0.05) is 23.5 Å². The lowest BCUT2D eigenvalue weighted by molar-refractivity contribution is 0.214. The average molecular weight is 381 g/mol. The second-order valence-corrected chi connectivity index (χ2v) is 7.78. The maximum atomic E-state index is 12.8. The van der Waals surface area contributed by atoms with Crippen LogP contribution in [0.15, 0.2) is 36.4 Å². The Labute approximate surface area is 156 Å². The maximum absolute atomic E-state index is 12.8. The quantitative estimate of drug-likeness (QED) is 0.704. The average Bonchev–Trinajstić information content (AvgIpc) is 3.02. The van der Waals surface area contributed by atoms with Crippen molar-refractivity contribution in [1.29, 1.82) is 0 Å². The minimum atomic E-state index is -0.123. The van der Waals surface area contributed by atoms with Gasteiger partial charge in [0.05, 0.1) is 10.0 Å². The minimum absolute atomic E-state index is 0.118. The molecule has 3 rings (SSSR count).